The molecule has 0 saturated heterocycles. The monoisotopic (exact) mass is 289 g/mol. The van der Waals surface area contributed by atoms with Gasteiger partial charge in [-0.15, -0.1) is 0 Å². The number of fused-ring (bicyclic) bond motifs is 1. The molecular weight excluding hydrogens is 274 g/mol. The van der Waals surface area contributed by atoms with Crippen molar-refractivity contribution in [2.24, 2.45) is 0 Å². The van der Waals surface area contributed by atoms with Gasteiger partial charge in [0.2, 0.25) is 0 Å². The first-order valence-corrected chi connectivity index (χ1v) is 6.95. The van der Waals surface area contributed by atoms with Crippen LogP contribution in [0.4, 0.5) is 5.69 Å². The van der Waals surface area contributed by atoms with Gasteiger partial charge in [-0.25, -0.2) is 5.06 Å². The Morgan fingerprint density at radius 1 is 1.20 bits per heavy atom. The van der Waals surface area contributed by atoms with Crippen molar-refractivity contribution in [2.75, 3.05) is 5.06 Å². The summed E-state index contributed by atoms with van der Waals surface area (Å²) in [7, 11) is 0. The zero-order valence-corrected chi connectivity index (χ0v) is 12.1. The van der Waals surface area contributed by atoms with Crippen LogP contribution in [-0.4, -0.2) is 11.3 Å². The highest BCUT2D eigenvalue weighted by atomic mass is 35.5. The van der Waals surface area contributed by atoms with Crippen molar-refractivity contribution in [3.05, 3.63) is 58.6 Å². The fraction of sp³-hybridized carbons (Fsp3) is 0.250. The van der Waals surface area contributed by atoms with E-state index in [1.165, 1.54) is 5.06 Å². The molecule has 1 aliphatic rings. The van der Waals surface area contributed by atoms with Crippen molar-refractivity contribution in [3.63, 3.8) is 0 Å². The van der Waals surface area contributed by atoms with Crippen LogP contribution in [-0.2, 0) is 0 Å². The topological polar surface area (TPSA) is 32.7 Å². The highest BCUT2D eigenvalue weighted by molar-refractivity contribution is 6.31. The minimum absolute atomic E-state index is 0.199. The van der Waals surface area contributed by atoms with Crippen molar-refractivity contribution >= 4 is 17.3 Å². The molecule has 0 bridgehead atoms. The number of ether oxygens (including phenoxy) is 1. The van der Waals surface area contributed by atoms with Crippen LogP contribution in [0.5, 0.6) is 5.75 Å². The summed E-state index contributed by atoms with van der Waals surface area (Å²) in [6.07, 6.45) is -0.199. The summed E-state index contributed by atoms with van der Waals surface area (Å²) in [4.78, 5) is 0. The van der Waals surface area contributed by atoms with E-state index >= 15 is 0 Å². The van der Waals surface area contributed by atoms with E-state index < -0.39 is 0 Å². The Labute approximate surface area is 123 Å². The Morgan fingerprint density at radius 2 is 1.95 bits per heavy atom. The fourth-order valence-corrected chi connectivity index (χ4v) is 2.87. The largest absolute Gasteiger partial charge is 0.486 e. The lowest BCUT2D eigenvalue weighted by atomic mass is 9.99. The number of aryl methyl sites for hydroxylation is 1. The van der Waals surface area contributed by atoms with Crippen molar-refractivity contribution in [1.29, 1.82) is 0 Å². The van der Waals surface area contributed by atoms with Gasteiger partial charge in [0.15, 0.2) is 0 Å². The second-order valence-electron chi connectivity index (χ2n) is 5.11. The molecule has 0 aromatic heterocycles. The number of rotatable bonds is 1. The smallest absolute Gasteiger partial charge is 0.145 e. The summed E-state index contributed by atoms with van der Waals surface area (Å²) < 4.78 is 5.92. The summed E-state index contributed by atoms with van der Waals surface area (Å²) >= 11 is 6.25. The summed E-state index contributed by atoms with van der Waals surface area (Å²) in [5.41, 5.74) is 2.60. The molecule has 1 aliphatic heterocycles. The van der Waals surface area contributed by atoms with Crippen LogP contribution in [0.2, 0.25) is 5.02 Å². The lowest BCUT2D eigenvalue weighted by Gasteiger charge is -2.39. The third-order valence-corrected chi connectivity index (χ3v) is 3.95. The molecule has 20 heavy (non-hydrogen) atoms. The molecule has 2 atom stereocenters. The molecule has 4 heteroatoms. The molecular formula is C16H16ClNO2. The maximum Gasteiger partial charge on any atom is 0.145 e. The molecule has 0 fully saturated rings. The summed E-state index contributed by atoms with van der Waals surface area (Å²) in [5, 5.41) is 12.5. The lowest BCUT2D eigenvalue weighted by Crippen LogP contribution is -2.40. The summed E-state index contributed by atoms with van der Waals surface area (Å²) in [5.74, 6) is 0.689. The third kappa shape index (κ3) is 2.13. The van der Waals surface area contributed by atoms with Crippen LogP contribution in [0.25, 0.3) is 0 Å². The Balaban J connectivity index is 2.08. The number of hydrogen-bond acceptors (Lipinski definition) is 3. The van der Waals surface area contributed by atoms with Crippen molar-refractivity contribution < 1.29 is 9.94 Å². The zero-order valence-electron chi connectivity index (χ0n) is 11.4. The molecule has 3 nitrogen and oxygen atoms in total. The molecule has 3 rings (SSSR count). The van der Waals surface area contributed by atoms with Gasteiger partial charge in [0.05, 0.1) is 0 Å². The minimum atomic E-state index is -0.321. The van der Waals surface area contributed by atoms with Gasteiger partial charge in [0.25, 0.3) is 0 Å². The van der Waals surface area contributed by atoms with Gasteiger partial charge in [0, 0.05) is 5.02 Å². The predicted octanol–water partition coefficient (Wildman–Crippen LogP) is 4.37. The Bertz CT molecular complexity index is 644. The Kier molecular flexibility index (Phi) is 3.32. The Hall–Kier alpha value is -1.71. The average molecular weight is 290 g/mol. The van der Waals surface area contributed by atoms with E-state index in [4.69, 9.17) is 16.3 Å². The molecule has 0 aliphatic carbocycles. The van der Waals surface area contributed by atoms with Gasteiger partial charge in [-0.05, 0) is 43.2 Å². The molecule has 2 aromatic rings. The van der Waals surface area contributed by atoms with Crippen LogP contribution in [0.1, 0.15) is 24.1 Å². The van der Waals surface area contributed by atoms with Crippen LogP contribution in [0.3, 0.4) is 0 Å². The van der Waals surface area contributed by atoms with E-state index in [-0.39, 0.29) is 12.1 Å². The molecule has 1 N–H and O–H groups in total. The van der Waals surface area contributed by atoms with E-state index in [1.807, 2.05) is 56.3 Å². The number of hydrogen-bond donors (Lipinski definition) is 1. The van der Waals surface area contributed by atoms with Crippen molar-refractivity contribution in [3.8, 4) is 5.75 Å². The van der Waals surface area contributed by atoms with E-state index in [0.717, 1.165) is 11.1 Å². The SMILES string of the molecule is Cc1ccc2c(c1)N(O)C(c1ccccc1Cl)C(C)O2. The number of benzene rings is 2. The summed E-state index contributed by atoms with van der Waals surface area (Å²) in [6, 6.07) is 13.0. The first kappa shape index (κ1) is 13.3. The van der Waals surface area contributed by atoms with E-state index in [2.05, 4.69) is 0 Å². The number of halogens is 1. The molecule has 2 unspecified atom stereocenters. The molecule has 0 radical (unpaired) electrons. The quantitative estimate of drug-likeness (QED) is 0.846. The third-order valence-electron chi connectivity index (χ3n) is 3.61. The number of hydroxylamine groups is 1. The van der Waals surface area contributed by atoms with Gasteiger partial charge in [-0.2, -0.15) is 0 Å². The number of nitrogens with zero attached hydrogens (tertiary/aromatic N) is 1. The molecule has 2 aromatic carbocycles. The normalized spacial score (nSPS) is 21.3. The van der Waals surface area contributed by atoms with E-state index in [9.17, 15) is 5.21 Å². The molecule has 0 spiro atoms. The molecule has 0 amide bonds. The standard InChI is InChI=1S/C16H16ClNO2/c1-10-7-8-15-14(9-10)18(19)16(11(2)20-15)12-5-3-4-6-13(12)17/h3-9,11,16,19H,1-2H3. The predicted molar refractivity (Wildman–Crippen MR) is 79.7 cm³/mol. The minimum Gasteiger partial charge on any atom is -0.486 e. The van der Waals surface area contributed by atoms with Gasteiger partial charge >= 0.3 is 0 Å². The second-order valence-corrected chi connectivity index (χ2v) is 5.51. The molecule has 1 heterocycles. The summed E-state index contributed by atoms with van der Waals surface area (Å²) in [6.45, 7) is 3.91. The van der Waals surface area contributed by atoms with Gasteiger partial charge in [-0.1, -0.05) is 35.9 Å². The average Bonchev–Trinajstić information content (AvgIpc) is 2.42. The highest BCUT2D eigenvalue weighted by Crippen LogP contribution is 2.43. The van der Waals surface area contributed by atoms with Crippen LogP contribution in [0.15, 0.2) is 42.5 Å². The van der Waals surface area contributed by atoms with Crippen LogP contribution >= 0.6 is 11.6 Å². The number of anilines is 1. The second kappa shape index (κ2) is 5.00. The van der Waals surface area contributed by atoms with Crippen LogP contribution < -0.4 is 9.80 Å². The molecule has 0 saturated carbocycles. The maximum absolute atomic E-state index is 10.6. The highest BCUT2D eigenvalue weighted by Gasteiger charge is 2.35. The Morgan fingerprint density at radius 3 is 2.70 bits per heavy atom. The van der Waals surface area contributed by atoms with E-state index in [1.54, 1.807) is 0 Å². The van der Waals surface area contributed by atoms with Crippen LogP contribution in [0, 0.1) is 6.92 Å². The first-order chi connectivity index (χ1) is 9.58. The van der Waals surface area contributed by atoms with E-state index in [0.29, 0.717) is 16.5 Å². The van der Waals surface area contributed by atoms with Crippen molar-refractivity contribution in [2.45, 2.75) is 26.0 Å². The maximum atomic E-state index is 10.6. The van der Waals surface area contributed by atoms with Gasteiger partial charge in [0.1, 0.15) is 23.6 Å². The zero-order chi connectivity index (χ0) is 14.3. The first-order valence-electron chi connectivity index (χ1n) is 6.58. The fourth-order valence-electron chi connectivity index (χ4n) is 2.62. The van der Waals surface area contributed by atoms with Crippen molar-refractivity contribution in [1.82, 2.24) is 0 Å². The lowest BCUT2D eigenvalue weighted by molar-refractivity contribution is 0.0947. The molecule has 104 valence electrons. The van der Waals surface area contributed by atoms with Gasteiger partial charge < -0.3 is 4.74 Å². The van der Waals surface area contributed by atoms with Gasteiger partial charge in [-0.3, -0.25) is 5.21 Å².